The Morgan fingerprint density at radius 2 is 0.874 bits per heavy atom. The van der Waals surface area contributed by atoms with Crippen molar-refractivity contribution in [3.63, 3.8) is 0 Å². The maximum atomic E-state index is 6.37. The molecule has 0 aliphatic rings. The molecule has 3 atom stereocenters. The van der Waals surface area contributed by atoms with Crippen molar-refractivity contribution in [3.05, 3.63) is 374 Å². The molecule has 0 aliphatic heterocycles. The van der Waals surface area contributed by atoms with Crippen molar-refractivity contribution in [1.82, 2.24) is 58.0 Å². The van der Waals surface area contributed by atoms with Crippen molar-refractivity contribution in [2.45, 2.75) is 98.9 Å². The number of methoxy groups -OCH3 is 3. The Morgan fingerprint density at radius 1 is 0.400 bits per heavy atom. The molecule has 0 amide bonds. The van der Waals surface area contributed by atoms with Gasteiger partial charge in [-0.25, -0.2) is 5.69 Å². The molecule has 0 saturated heterocycles. The van der Waals surface area contributed by atoms with E-state index >= 15 is 0 Å². The summed E-state index contributed by atoms with van der Waals surface area (Å²) in [5, 5.41) is 28.8. The summed E-state index contributed by atoms with van der Waals surface area (Å²) in [4.78, 5) is 14.2. The van der Waals surface area contributed by atoms with Gasteiger partial charge >= 0.3 is 0 Å². The third-order valence-electron chi connectivity index (χ3n) is 26.3. The molecular weight excluding hydrogens is 1850 g/mol. The number of hydrogen-bond acceptors (Lipinski definition) is 11. The first-order valence-corrected chi connectivity index (χ1v) is 46.0. The predicted octanol–water partition coefficient (Wildman–Crippen LogP) is 27.5. The molecule has 0 saturated carbocycles. The SMILES string of the molecule is CCC(COc1ccc(-c2n[n-]c(-c3[c-]cccc3)c2C)cc1)OC.CCC(Cc1cc(-n2c3ccccc3c3ncccc32)cc(-n2c3ccccc3c3ncccc32)c1)OC.CCC(Cc1ccc2oc3ccc(-c4cc(-n5c6ccccc6c6ccccc65)cc(-n5c6ccccc6c6ccccc65)c4)cc3c2c1)OC.Cc1c[c-]c2c(n1)c1c(C)cccc1n1c(C)nnc21.[Pt]. The normalized spacial score (nSPS) is 12.3. The van der Waals surface area contributed by atoms with Gasteiger partial charge in [0.15, 0.2) is 0 Å². The molecule has 11 heterocycles. The fraction of sp³-hybridized carbons (Fsp3) is 0.162. The quantitative estimate of drug-likeness (QED) is 0.0524. The van der Waals surface area contributed by atoms with Gasteiger partial charge in [0.2, 0.25) is 0 Å². The summed E-state index contributed by atoms with van der Waals surface area (Å²) in [6.45, 7) is 15.1. The van der Waals surface area contributed by atoms with Gasteiger partial charge in [0, 0.05) is 132 Å². The van der Waals surface area contributed by atoms with E-state index in [9.17, 15) is 0 Å². The number of nitrogens with zero attached hydrogens (tertiary/aromatic N) is 12. The van der Waals surface area contributed by atoms with E-state index in [1.165, 1.54) is 60.3 Å². The molecule has 670 valence electrons. The number of rotatable bonds is 20. The average molecular weight is 1950 g/mol. The van der Waals surface area contributed by atoms with Crippen molar-refractivity contribution >= 4 is 137 Å². The van der Waals surface area contributed by atoms with E-state index in [1.807, 2.05) is 99.9 Å². The molecule has 17 nitrogen and oxygen atoms in total. The maximum absolute atomic E-state index is 6.37. The average Bonchev–Trinajstić information content (AvgIpc) is 1.51. The second-order valence-electron chi connectivity index (χ2n) is 34.4. The van der Waals surface area contributed by atoms with Crippen LogP contribution >= 0.6 is 0 Å². The van der Waals surface area contributed by atoms with E-state index in [4.69, 9.17) is 38.3 Å². The third kappa shape index (κ3) is 16.4. The number of furan rings is 1. The van der Waals surface area contributed by atoms with E-state index in [0.29, 0.717) is 6.61 Å². The predicted molar refractivity (Wildman–Crippen MR) is 546 cm³/mol. The van der Waals surface area contributed by atoms with Crippen LogP contribution in [-0.4, -0.2) is 99.2 Å². The van der Waals surface area contributed by atoms with E-state index in [0.717, 1.165) is 205 Å². The van der Waals surface area contributed by atoms with Crippen LogP contribution in [0.1, 0.15) is 73.8 Å². The summed E-state index contributed by atoms with van der Waals surface area (Å²) in [7, 11) is 5.31. The van der Waals surface area contributed by atoms with Crippen LogP contribution in [0.5, 0.6) is 5.75 Å². The summed E-state index contributed by atoms with van der Waals surface area (Å²) in [5.41, 5.74) is 32.1. The van der Waals surface area contributed by atoms with Gasteiger partial charge in [-0.3, -0.25) is 9.97 Å². The van der Waals surface area contributed by atoms with Crippen LogP contribution in [0.4, 0.5) is 0 Å². The molecule has 0 fully saturated rings. The van der Waals surface area contributed by atoms with Gasteiger partial charge in [-0.2, -0.15) is 10.7 Å². The van der Waals surface area contributed by atoms with E-state index in [2.05, 4.69) is 332 Å². The van der Waals surface area contributed by atoms with Crippen LogP contribution in [0.3, 0.4) is 0 Å². The van der Waals surface area contributed by atoms with Crippen molar-refractivity contribution in [1.29, 1.82) is 0 Å². The topological polar surface area (TPSA) is 166 Å². The minimum absolute atomic E-state index is 0. The van der Waals surface area contributed by atoms with Crippen LogP contribution in [0.25, 0.3) is 193 Å². The molecule has 3 unspecified atom stereocenters. The Hall–Kier alpha value is -15.0. The number of hydrogen-bond donors (Lipinski definition) is 0. The molecule has 0 spiro atoms. The molecule has 0 bridgehead atoms. The summed E-state index contributed by atoms with van der Waals surface area (Å²) in [6, 6.07) is 118. The van der Waals surface area contributed by atoms with Gasteiger partial charge in [-0.15, -0.1) is 47.6 Å². The van der Waals surface area contributed by atoms with Crippen LogP contribution in [0, 0.1) is 39.8 Å². The van der Waals surface area contributed by atoms with Crippen LogP contribution < -0.4 is 9.84 Å². The fourth-order valence-electron chi connectivity index (χ4n) is 19.5. The van der Waals surface area contributed by atoms with E-state index < -0.39 is 0 Å². The zero-order valence-electron chi connectivity index (χ0n) is 76.9. The van der Waals surface area contributed by atoms with Crippen LogP contribution in [0.15, 0.2) is 332 Å². The van der Waals surface area contributed by atoms with E-state index in [-0.39, 0.29) is 39.4 Å². The standard InChI is InChI=1S/C47H36N2O2.C33H28N4O.C21H22N2O2.C16H13N4.Pt/c1-3-35(50-2)24-30-20-22-46-40(25-30)41-28-31(21-23-47(41)51-46)32-26-33(48-42-16-8-4-12-36(42)37-13-5-9-17-43(37)48)29-34(27-32)49-44-18-10-6-14-38(44)39-15-7-11-19-45(39)49;1-3-25(38-2)20-22-18-23(36-28-12-6-4-10-26(28)32-30(36)14-8-16-34-32)21-24(19-22)37-29-13-7-5-11-27(29)33-31(37)15-9-17-35-33;1-4-18(24-3)14-25-19-12-10-17(11-13-19)21-15(2)20(22-23-21)16-8-6-5-7-9-16;1-9-5-4-6-13-14(9)15-12(8-7-10(2)17-15)16-19-18-11(3)20(13)16;/h4-23,25-29,35H,3,24H2,1-2H3;4-19,21,25H,3,20H2,1-2H3;5-8,10-13,18H,4,14H2,1-3H3;4-7H,1-3H3;/q;;-2;-1;. The summed E-state index contributed by atoms with van der Waals surface area (Å²) < 4.78 is 40.6. The second-order valence-corrected chi connectivity index (χ2v) is 34.4. The van der Waals surface area contributed by atoms with Gasteiger partial charge in [0.05, 0.1) is 79.1 Å². The zero-order chi connectivity index (χ0) is 91.2. The second kappa shape index (κ2) is 38.0. The van der Waals surface area contributed by atoms with Gasteiger partial charge in [-0.05, 0) is 255 Å². The Bertz CT molecular complexity index is 8040. The van der Waals surface area contributed by atoms with Crippen LogP contribution in [0.2, 0.25) is 0 Å². The Kier molecular flexibility index (Phi) is 24.7. The first kappa shape index (κ1) is 88.0. The van der Waals surface area contributed by atoms with Gasteiger partial charge in [0.25, 0.3) is 0 Å². The Labute approximate surface area is 796 Å². The number of benzene rings is 13. The summed E-state index contributed by atoms with van der Waals surface area (Å²) >= 11 is 0. The van der Waals surface area contributed by atoms with Gasteiger partial charge in [0.1, 0.15) is 29.3 Å². The molecule has 13 aromatic carbocycles. The van der Waals surface area contributed by atoms with Crippen molar-refractivity contribution in [2.75, 3.05) is 27.9 Å². The van der Waals surface area contributed by atoms with Crippen molar-refractivity contribution in [3.8, 4) is 62.1 Å². The molecular formula is C117H99N12O5Pt-3. The Balaban J connectivity index is 0.000000118. The smallest absolute Gasteiger partial charge is 0.135 e. The minimum Gasteiger partial charge on any atom is -0.618 e. The molecule has 0 N–H and O–H groups in total. The molecule has 24 aromatic rings. The van der Waals surface area contributed by atoms with Crippen LogP contribution in [-0.2, 0) is 48.1 Å². The minimum atomic E-state index is 0. The Morgan fingerprint density at radius 3 is 1.41 bits per heavy atom. The van der Waals surface area contributed by atoms with E-state index in [1.54, 1.807) is 21.3 Å². The van der Waals surface area contributed by atoms with Crippen molar-refractivity contribution < 1.29 is 44.4 Å². The molecule has 18 heteroatoms. The number of para-hydroxylation sites is 6. The molecule has 0 aliphatic carbocycles. The fourth-order valence-corrected chi connectivity index (χ4v) is 19.5. The number of aryl methyl sites for hydroxylation is 3. The molecule has 24 rings (SSSR count). The first-order valence-electron chi connectivity index (χ1n) is 46.0. The monoisotopic (exact) mass is 1950 g/mol. The van der Waals surface area contributed by atoms with Crippen molar-refractivity contribution in [2.24, 2.45) is 0 Å². The van der Waals surface area contributed by atoms with Gasteiger partial charge in [-0.1, -0.05) is 172 Å². The maximum Gasteiger partial charge on any atom is 0.135 e. The largest absolute Gasteiger partial charge is 0.618 e. The number of ether oxygens (including phenoxy) is 4. The number of fused-ring (bicyclic) bond motifs is 21. The van der Waals surface area contributed by atoms with Gasteiger partial charge < -0.3 is 61.2 Å². The first-order chi connectivity index (χ1) is 65.8. The summed E-state index contributed by atoms with van der Waals surface area (Å²) in [5.74, 6) is 1.71. The number of aromatic nitrogens is 12. The number of pyridine rings is 4. The molecule has 135 heavy (non-hydrogen) atoms. The molecule has 11 aromatic heterocycles. The third-order valence-corrected chi connectivity index (χ3v) is 26.3. The molecule has 0 radical (unpaired) electrons. The summed E-state index contributed by atoms with van der Waals surface area (Å²) in [6.07, 6.45) is 8.76. The zero-order valence-corrected chi connectivity index (χ0v) is 79.1.